The van der Waals surface area contributed by atoms with Crippen molar-refractivity contribution in [3.63, 3.8) is 0 Å². The largest absolute Gasteiger partial charge is 0.495 e. The average molecular weight is 475 g/mol. The highest BCUT2D eigenvalue weighted by Crippen LogP contribution is 2.22. The quantitative estimate of drug-likeness (QED) is 0.263. The molecule has 3 aromatic carbocycles. The predicted octanol–water partition coefficient (Wildman–Crippen LogP) is 3.42. The molecule has 9 heteroatoms. The first-order valence-corrected chi connectivity index (χ1v) is 10.7. The number of hydrazone groups is 1. The molecule has 0 spiro atoms. The van der Waals surface area contributed by atoms with Crippen LogP contribution in [0.1, 0.15) is 16.7 Å². The molecule has 180 valence electrons. The van der Waals surface area contributed by atoms with Gasteiger partial charge in [0, 0.05) is 5.69 Å². The summed E-state index contributed by atoms with van der Waals surface area (Å²) in [4.78, 5) is 36.1. The van der Waals surface area contributed by atoms with Crippen molar-refractivity contribution in [2.45, 2.75) is 13.8 Å². The number of carbonyl (C=O) groups is 3. The summed E-state index contributed by atoms with van der Waals surface area (Å²) in [6, 6.07) is 19.2. The number of amides is 3. The maximum Gasteiger partial charge on any atom is 0.329 e. The second-order valence-electron chi connectivity index (χ2n) is 7.56. The van der Waals surface area contributed by atoms with E-state index in [4.69, 9.17) is 9.47 Å². The first-order valence-electron chi connectivity index (χ1n) is 10.7. The van der Waals surface area contributed by atoms with Crippen molar-refractivity contribution in [1.82, 2.24) is 5.43 Å². The summed E-state index contributed by atoms with van der Waals surface area (Å²) in [5, 5.41) is 9.05. The SMILES string of the molecule is COc1ccccc1NC(=O)C(=O)NN=Cc1ccc(OCC(=O)Nc2ccc(C)c(C)c2)cc1. The molecule has 3 amide bonds. The standard InChI is InChI=1S/C26H26N4O5/c1-17-8-11-20(14-18(17)2)28-24(31)16-35-21-12-9-19(10-13-21)15-27-30-26(33)25(32)29-22-6-4-5-7-23(22)34-3/h4-15H,16H2,1-3H3,(H,28,31)(H,29,32)(H,30,33). The highest BCUT2D eigenvalue weighted by molar-refractivity contribution is 6.39. The van der Waals surface area contributed by atoms with Gasteiger partial charge in [0.25, 0.3) is 5.91 Å². The zero-order chi connectivity index (χ0) is 25.2. The number of anilines is 2. The Morgan fingerprint density at radius 2 is 1.63 bits per heavy atom. The third-order valence-corrected chi connectivity index (χ3v) is 4.98. The fourth-order valence-corrected chi connectivity index (χ4v) is 2.96. The number of benzene rings is 3. The molecular formula is C26H26N4O5. The van der Waals surface area contributed by atoms with Crippen molar-refractivity contribution in [3.8, 4) is 11.5 Å². The number of aryl methyl sites for hydroxylation is 2. The Kier molecular flexibility index (Phi) is 8.55. The Labute approximate surface area is 203 Å². The maximum atomic E-state index is 12.1. The van der Waals surface area contributed by atoms with Crippen LogP contribution in [0, 0.1) is 13.8 Å². The normalized spacial score (nSPS) is 10.5. The second kappa shape index (κ2) is 12.0. The van der Waals surface area contributed by atoms with E-state index in [9.17, 15) is 14.4 Å². The van der Waals surface area contributed by atoms with Crippen LogP contribution in [0.2, 0.25) is 0 Å². The van der Waals surface area contributed by atoms with Crippen molar-refractivity contribution in [3.05, 3.63) is 83.4 Å². The lowest BCUT2D eigenvalue weighted by molar-refractivity contribution is -0.136. The van der Waals surface area contributed by atoms with Gasteiger partial charge >= 0.3 is 11.8 Å². The van der Waals surface area contributed by atoms with E-state index in [1.165, 1.54) is 13.3 Å². The molecular weight excluding hydrogens is 448 g/mol. The van der Waals surface area contributed by atoms with Gasteiger partial charge in [-0.1, -0.05) is 18.2 Å². The van der Waals surface area contributed by atoms with Gasteiger partial charge in [-0.05, 0) is 79.1 Å². The predicted molar refractivity (Wildman–Crippen MR) is 134 cm³/mol. The first kappa shape index (κ1) is 25.0. The van der Waals surface area contributed by atoms with E-state index in [0.717, 1.165) is 11.1 Å². The molecule has 3 rings (SSSR count). The third-order valence-electron chi connectivity index (χ3n) is 4.98. The van der Waals surface area contributed by atoms with Crippen molar-refractivity contribution < 1.29 is 23.9 Å². The Balaban J connectivity index is 1.44. The highest BCUT2D eigenvalue weighted by atomic mass is 16.5. The third kappa shape index (κ3) is 7.43. The molecule has 0 fully saturated rings. The number of ether oxygens (including phenoxy) is 2. The second-order valence-corrected chi connectivity index (χ2v) is 7.56. The Morgan fingerprint density at radius 3 is 2.34 bits per heavy atom. The molecule has 0 unspecified atom stereocenters. The van der Waals surface area contributed by atoms with Crippen LogP contribution in [0.4, 0.5) is 11.4 Å². The van der Waals surface area contributed by atoms with Crippen LogP contribution < -0.4 is 25.5 Å². The molecule has 0 atom stereocenters. The Bertz CT molecular complexity index is 1240. The number of methoxy groups -OCH3 is 1. The summed E-state index contributed by atoms with van der Waals surface area (Å²) in [5.74, 6) is -1.15. The molecule has 9 nitrogen and oxygen atoms in total. The zero-order valence-corrected chi connectivity index (χ0v) is 19.6. The molecule has 0 saturated heterocycles. The minimum atomic E-state index is -0.929. The van der Waals surface area contributed by atoms with E-state index in [-0.39, 0.29) is 12.5 Å². The minimum absolute atomic E-state index is 0.141. The van der Waals surface area contributed by atoms with Gasteiger partial charge in [-0.2, -0.15) is 5.10 Å². The minimum Gasteiger partial charge on any atom is -0.495 e. The number of nitrogens with one attached hydrogen (secondary N) is 3. The Morgan fingerprint density at radius 1 is 0.886 bits per heavy atom. The van der Waals surface area contributed by atoms with Crippen LogP contribution in [0.25, 0.3) is 0 Å². The molecule has 0 aliphatic rings. The van der Waals surface area contributed by atoms with Crippen molar-refractivity contribution in [2.24, 2.45) is 5.10 Å². The number of rotatable bonds is 8. The van der Waals surface area contributed by atoms with Crippen LogP contribution >= 0.6 is 0 Å². The van der Waals surface area contributed by atoms with Gasteiger partial charge in [-0.3, -0.25) is 14.4 Å². The van der Waals surface area contributed by atoms with Gasteiger partial charge in [-0.15, -0.1) is 0 Å². The maximum absolute atomic E-state index is 12.1. The van der Waals surface area contributed by atoms with Gasteiger partial charge in [0.1, 0.15) is 11.5 Å². The average Bonchev–Trinajstić information content (AvgIpc) is 2.86. The number of hydrogen-bond acceptors (Lipinski definition) is 6. The van der Waals surface area contributed by atoms with Crippen LogP contribution in [0.5, 0.6) is 11.5 Å². The van der Waals surface area contributed by atoms with E-state index < -0.39 is 11.8 Å². The van der Waals surface area contributed by atoms with Crippen molar-refractivity contribution >= 4 is 35.3 Å². The van der Waals surface area contributed by atoms with Crippen LogP contribution in [0.15, 0.2) is 71.8 Å². The summed E-state index contributed by atoms with van der Waals surface area (Å²) >= 11 is 0. The van der Waals surface area contributed by atoms with Gasteiger partial charge in [-0.25, -0.2) is 5.43 Å². The lowest BCUT2D eigenvalue weighted by Crippen LogP contribution is -2.32. The van der Waals surface area contributed by atoms with Gasteiger partial charge in [0.05, 0.1) is 19.0 Å². The van der Waals surface area contributed by atoms with Gasteiger partial charge < -0.3 is 20.1 Å². The molecule has 3 N–H and O–H groups in total. The molecule has 0 aliphatic carbocycles. The van der Waals surface area contributed by atoms with E-state index >= 15 is 0 Å². The summed E-state index contributed by atoms with van der Waals surface area (Å²) in [5.41, 5.74) is 6.15. The fraction of sp³-hybridized carbons (Fsp3) is 0.154. The van der Waals surface area contributed by atoms with Crippen LogP contribution in [-0.2, 0) is 14.4 Å². The lowest BCUT2D eigenvalue weighted by atomic mass is 10.1. The van der Waals surface area contributed by atoms with Gasteiger partial charge in [0.2, 0.25) is 0 Å². The van der Waals surface area contributed by atoms with Crippen LogP contribution in [-0.4, -0.2) is 37.7 Å². The number of nitrogens with zero attached hydrogens (tertiary/aromatic N) is 1. The summed E-state index contributed by atoms with van der Waals surface area (Å²) < 4.78 is 10.6. The molecule has 0 bridgehead atoms. The topological polar surface area (TPSA) is 118 Å². The first-order chi connectivity index (χ1) is 16.9. The number of para-hydroxylation sites is 2. The molecule has 0 saturated carbocycles. The molecule has 0 heterocycles. The molecule has 0 aliphatic heterocycles. The lowest BCUT2D eigenvalue weighted by Gasteiger charge is -2.09. The van der Waals surface area contributed by atoms with E-state index in [1.807, 2.05) is 32.0 Å². The smallest absolute Gasteiger partial charge is 0.329 e. The van der Waals surface area contributed by atoms with E-state index in [0.29, 0.717) is 28.4 Å². The van der Waals surface area contributed by atoms with Crippen molar-refractivity contribution in [1.29, 1.82) is 0 Å². The highest BCUT2D eigenvalue weighted by Gasteiger charge is 2.14. The monoisotopic (exact) mass is 474 g/mol. The summed E-state index contributed by atoms with van der Waals surface area (Å²) in [7, 11) is 1.46. The summed E-state index contributed by atoms with van der Waals surface area (Å²) in [6.07, 6.45) is 1.38. The van der Waals surface area contributed by atoms with E-state index in [1.54, 1.807) is 48.5 Å². The van der Waals surface area contributed by atoms with E-state index in [2.05, 4.69) is 21.2 Å². The Hall–Kier alpha value is -4.66. The fourth-order valence-electron chi connectivity index (χ4n) is 2.96. The zero-order valence-electron chi connectivity index (χ0n) is 19.6. The van der Waals surface area contributed by atoms with Crippen molar-refractivity contribution in [2.75, 3.05) is 24.4 Å². The van der Waals surface area contributed by atoms with Gasteiger partial charge in [0.15, 0.2) is 6.61 Å². The number of carbonyl (C=O) groups excluding carboxylic acids is 3. The molecule has 0 radical (unpaired) electrons. The molecule has 3 aromatic rings. The number of hydrogen-bond donors (Lipinski definition) is 3. The molecule has 0 aromatic heterocycles. The molecule has 35 heavy (non-hydrogen) atoms. The van der Waals surface area contributed by atoms with Crippen LogP contribution in [0.3, 0.4) is 0 Å². The summed E-state index contributed by atoms with van der Waals surface area (Å²) in [6.45, 7) is 3.85.